The average molecular weight is 329 g/mol. The Morgan fingerprint density at radius 3 is 2.78 bits per heavy atom. The lowest BCUT2D eigenvalue weighted by atomic mass is 10.1. The molecular weight excluding hydrogens is 310 g/mol. The van der Waals surface area contributed by atoms with E-state index in [1.54, 1.807) is 16.5 Å². The molecule has 0 unspecified atom stereocenters. The summed E-state index contributed by atoms with van der Waals surface area (Å²) in [5, 5.41) is 5.10. The van der Waals surface area contributed by atoms with Gasteiger partial charge in [0, 0.05) is 23.7 Å². The minimum absolute atomic E-state index is 0.0588. The summed E-state index contributed by atoms with van der Waals surface area (Å²) >= 11 is 1.37. The quantitative estimate of drug-likeness (QED) is 0.886. The van der Waals surface area contributed by atoms with E-state index in [1.807, 2.05) is 31.2 Å². The number of carbonyl (C=O) groups is 2. The van der Waals surface area contributed by atoms with Crippen molar-refractivity contribution < 1.29 is 9.59 Å². The highest BCUT2D eigenvalue weighted by atomic mass is 32.1. The average Bonchev–Trinajstić information content (AvgIpc) is 3.20. The van der Waals surface area contributed by atoms with Crippen LogP contribution in [0, 0.1) is 12.8 Å². The molecule has 1 aliphatic carbocycles. The zero-order valence-corrected chi connectivity index (χ0v) is 13.8. The molecule has 1 N–H and O–H groups in total. The third-order valence-electron chi connectivity index (χ3n) is 3.85. The molecule has 1 saturated carbocycles. The number of nitrogens with one attached hydrogen (secondary N) is 1. The van der Waals surface area contributed by atoms with Gasteiger partial charge in [0.05, 0.1) is 0 Å². The van der Waals surface area contributed by atoms with Crippen LogP contribution in [0.1, 0.15) is 28.8 Å². The van der Waals surface area contributed by atoms with Crippen LogP contribution in [0.25, 0.3) is 0 Å². The summed E-state index contributed by atoms with van der Waals surface area (Å²) in [6.07, 6.45) is 3.90. The Hall–Kier alpha value is -2.21. The molecule has 1 aromatic heterocycles. The summed E-state index contributed by atoms with van der Waals surface area (Å²) in [6, 6.07) is 7.49. The standard InChI is InChI=1S/C17H19N3O2S/c1-12-4-2-3-5-14(12)16(22)20(10-13-6-7-13)11-15(21)19-17-18-8-9-23-17/h2-5,8-9,13H,6-7,10-11H2,1H3,(H,18,19,21). The molecule has 5 nitrogen and oxygen atoms in total. The maximum absolute atomic E-state index is 12.8. The van der Waals surface area contributed by atoms with Crippen molar-refractivity contribution in [2.45, 2.75) is 19.8 Å². The lowest BCUT2D eigenvalue weighted by Gasteiger charge is -2.22. The highest BCUT2D eigenvalue weighted by molar-refractivity contribution is 7.13. The van der Waals surface area contributed by atoms with Crippen molar-refractivity contribution in [3.63, 3.8) is 0 Å². The van der Waals surface area contributed by atoms with Gasteiger partial charge in [-0.1, -0.05) is 18.2 Å². The highest BCUT2D eigenvalue weighted by Gasteiger charge is 2.29. The summed E-state index contributed by atoms with van der Waals surface area (Å²) in [5.74, 6) is 0.238. The van der Waals surface area contributed by atoms with Crippen LogP contribution < -0.4 is 5.32 Å². The third kappa shape index (κ3) is 4.16. The predicted molar refractivity (Wildman–Crippen MR) is 90.6 cm³/mol. The van der Waals surface area contributed by atoms with Crippen molar-refractivity contribution in [2.24, 2.45) is 5.92 Å². The molecule has 23 heavy (non-hydrogen) atoms. The van der Waals surface area contributed by atoms with E-state index in [0.29, 0.717) is 23.2 Å². The Morgan fingerprint density at radius 2 is 2.13 bits per heavy atom. The molecule has 120 valence electrons. The number of hydrogen-bond donors (Lipinski definition) is 1. The smallest absolute Gasteiger partial charge is 0.254 e. The van der Waals surface area contributed by atoms with Crippen LogP contribution in [0.15, 0.2) is 35.8 Å². The maximum Gasteiger partial charge on any atom is 0.254 e. The third-order valence-corrected chi connectivity index (χ3v) is 4.54. The molecule has 6 heteroatoms. The van der Waals surface area contributed by atoms with Gasteiger partial charge in [0.15, 0.2) is 5.13 Å². The van der Waals surface area contributed by atoms with Gasteiger partial charge in [-0.25, -0.2) is 4.98 Å². The molecule has 1 aliphatic rings. The SMILES string of the molecule is Cc1ccccc1C(=O)N(CC(=O)Nc1nccs1)CC1CC1. The molecule has 2 amide bonds. The number of hydrogen-bond acceptors (Lipinski definition) is 4. The fraction of sp³-hybridized carbons (Fsp3) is 0.353. The summed E-state index contributed by atoms with van der Waals surface area (Å²) < 4.78 is 0. The molecule has 0 atom stereocenters. The van der Waals surface area contributed by atoms with Crippen LogP contribution in [0.2, 0.25) is 0 Å². The van der Waals surface area contributed by atoms with E-state index < -0.39 is 0 Å². The van der Waals surface area contributed by atoms with Crippen LogP contribution in [0.3, 0.4) is 0 Å². The van der Waals surface area contributed by atoms with E-state index >= 15 is 0 Å². The van der Waals surface area contributed by atoms with E-state index in [1.165, 1.54) is 11.3 Å². The molecule has 1 fully saturated rings. The van der Waals surface area contributed by atoms with Crippen molar-refractivity contribution >= 4 is 28.3 Å². The molecule has 0 aliphatic heterocycles. The number of aromatic nitrogens is 1. The Morgan fingerprint density at radius 1 is 1.35 bits per heavy atom. The zero-order valence-electron chi connectivity index (χ0n) is 13.0. The summed E-state index contributed by atoms with van der Waals surface area (Å²) in [4.78, 5) is 30.7. The number of rotatable bonds is 6. The normalized spacial score (nSPS) is 13.6. The Kier molecular flexibility index (Phi) is 4.71. The van der Waals surface area contributed by atoms with Gasteiger partial charge in [0.2, 0.25) is 5.91 Å². The molecule has 0 bridgehead atoms. The van der Waals surface area contributed by atoms with Gasteiger partial charge in [0.25, 0.3) is 5.91 Å². The first kappa shape index (κ1) is 15.7. The Bertz CT molecular complexity index is 696. The van der Waals surface area contributed by atoms with E-state index in [9.17, 15) is 9.59 Å². The molecule has 1 aromatic carbocycles. The largest absolute Gasteiger partial charge is 0.329 e. The molecular formula is C17H19N3O2S. The van der Waals surface area contributed by atoms with Crippen LogP contribution in [-0.4, -0.2) is 34.8 Å². The van der Waals surface area contributed by atoms with E-state index in [4.69, 9.17) is 0 Å². The Labute approximate surface area is 139 Å². The van der Waals surface area contributed by atoms with Crippen LogP contribution in [-0.2, 0) is 4.79 Å². The molecule has 3 rings (SSSR count). The number of amides is 2. The molecule has 0 saturated heterocycles. The van der Waals surface area contributed by atoms with Crippen LogP contribution >= 0.6 is 11.3 Å². The fourth-order valence-electron chi connectivity index (χ4n) is 2.43. The summed E-state index contributed by atoms with van der Waals surface area (Å²) in [7, 11) is 0. The molecule has 0 radical (unpaired) electrons. The number of carbonyl (C=O) groups excluding carboxylic acids is 2. The second kappa shape index (κ2) is 6.91. The van der Waals surface area contributed by atoms with Gasteiger partial charge in [-0.05, 0) is 37.3 Å². The topological polar surface area (TPSA) is 62.3 Å². The molecule has 2 aromatic rings. The van der Waals surface area contributed by atoms with E-state index in [2.05, 4.69) is 10.3 Å². The van der Waals surface area contributed by atoms with Gasteiger partial charge in [-0.15, -0.1) is 11.3 Å². The predicted octanol–water partition coefficient (Wildman–Crippen LogP) is 2.94. The lowest BCUT2D eigenvalue weighted by Crippen LogP contribution is -2.39. The van der Waals surface area contributed by atoms with E-state index in [-0.39, 0.29) is 18.4 Å². The monoisotopic (exact) mass is 329 g/mol. The second-order valence-electron chi connectivity index (χ2n) is 5.83. The Balaban J connectivity index is 1.70. The summed E-state index contributed by atoms with van der Waals surface area (Å²) in [5.41, 5.74) is 1.59. The first-order chi connectivity index (χ1) is 11.1. The van der Waals surface area contributed by atoms with Gasteiger partial charge in [-0.3, -0.25) is 9.59 Å². The number of nitrogens with zero attached hydrogens (tertiary/aromatic N) is 2. The van der Waals surface area contributed by atoms with Crippen molar-refractivity contribution in [3.8, 4) is 0 Å². The maximum atomic E-state index is 12.8. The summed E-state index contributed by atoms with van der Waals surface area (Å²) in [6.45, 7) is 2.61. The number of thiazole rings is 1. The van der Waals surface area contributed by atoms with Crippen LogP contribution in [0.4, 0.5) is 5.13 Å². The number of benzene rings is 1. The van der Waals surface area contributed by atoms with E-state index in [0.717, 1.165) is 18.4 Å². The lowest BCUT2D eigenvalue weighted by molar-refractivity contribution is -0.116. The van der Waals surface area contributed by atoms with Gasteiger partial charge in [0.1, 0.15) is 6.54 Å². The number of anilines is 1. The van der Waals surface area contributed by atoms with Crippen molar-refractivity contribution in [1.29, 1.82) is 0 Å². The minimum atomic E-state index is -0.206. The van der Waals surface area contributed by atoms with Gasteiger partial charge in [-0.2, -0.15) is 0 Å². The van der Waals surface area contributed by atoms with Crippen LogP contribution in [0.5, 0.6) is 0 Å². The molecule has 1 heterocycles. The molecule has 0 spiro atoms. The highest BCUT2D eigenvalue weighted by Crippen LogP contribution is 2.30. The van der Waals surface area contributed by atoms with Crippen molar-refractivity contribution in [1.82, 2.24) is 9.88 Å². The van der Waals surface area contributed by atoms with Gasteiger partial charge < -0.3 is 10.2 Å². The van der Waals surface area contributed by atoms with Gasteiger partial charge >= 0.3 is 0 Å². The van der Waals surface area contributed by atoms with Crippen molar-refractivity contribution in [3.05, 3.63) is 47.0 Å². The minimum Gasteiger partial charge on any atom is -0.329 e. The number of aryl methyl sites for hydroxylation is 1. The second-order valence-corrected chi connectivity index (χ2v) is 6.72. The zero-order chi connectivity index (χ0) is 16.2. The van der Waals surface area contributed by atoms with Crippen molar-refractivity contribution in [2.75, 3.05) is 18.4 Å². The first-order valence-corrected chi connectivity index (χ1v) is 8.55. The fourth-order valence-corrected chi connectivity index (χ4v) is 2.98. The first-order valence-electron chi connectivity index (χ1n) is 7.67.